The Balaban J connectivity index is 2.33. The number of hydrogen-bond donors (Lipinski definition) is 0. The summed E-state index contributed by atoms with van der Waals surface area (Å²) < 4.78 is 70.2. The Morgan fingerprint density at radius 1 is 0.893 bits per heavy atom. The standard InChI is InChI=1S/C19H19F3O5S/c1-13(2)16(27-28(24,25)19(20,21)22)18(23)26-17(14-9-5-3-6-10-14)15-11-7-4-8-12-15/h3-13,16-17H,1-2H3. The highest BCUT2D eigenvalue weighted by Crippen LogP contribution is 2.30. The summed E-state index contributed by atoms with van der Waals surface area (Å²) in [5, 5.41) is 0. The molecular weight excluding hydrogens is 397 g/mol. The lowest BCUT2D eigenvalue weighted by Gasteiger charge is -2.24. The quantitative estimate of drug-likeness (QED) is 0.384. The van der Waals surface area contributed by atoms with E-state index in [1.807, 2.05) is 0 Å². The highest BCUT2D eigenvalue weighted by Gasteiger charge is 2.50. The van der Waals surface area contributed by atoms with Gasteiger partial charge in [0.2, 0.25) is 0 Å². The van der Waals surface area contributed by atoms with Gasteiger partial charge < -0.3 is 4.74 Å². The molecule has 0 fully saturated rings. The third kappa shape index (κ3) is 5.32. The lowest BCUT2D eigenvalue weighted by molar-refractivity contribution is -0.158. The van der Waals surface area contributed by atoms with Gasteiger partial charge in [-0.3, -0.25) is 0 Å². The molecule has 2 aromatic rings. The second-order valence-electron chi connectivity index (χ2n) is 6.30. The number of ether oxygens (including phenoxy) is 1. The summed E-state index contributed by atoms with van der Waals surface area (Å²) in [6.45, 7) is 2.72. The lowest BCUT2D eigenvalue weighted by Crippen LogP contribution is -2.38. The van der Waals surface area contributed by atoms with E-state index in [1.54, 1.807) is 60.7 Å². The Morgan fingerprint density at radius 2 is 1.32 bits per heavy atom. The number of rotatable bonds is 7. The second kappa shape index (κ2) is 8.74. The van der Waals surface area contributed by atoms with Crippen LogP contribution in [0.4, 0.5) is 13.2 Å². The van der Waals surface area contributed by atoms with Gasteiger partial charge in [0, 0.05) is 0 Å². The molecule has 9 heteroatoms. The maximum atomic E-state index is 12.6. The molecule has 0 aromatic heterocycles. The maximum Gasteiger partial charge on any atom is 0.523 e. The van der Waals surface area contributed by atoms with Crippen LogP contribution < -0.4 is 0 Å². The van der Waals surface area contributed by atoms with Crippen molar-refractivity contribution in [2.45, 2.75) is 31.6 Å². The van der Waals surface area contributed by atoms with E-state index < -0.39 is 39.7 Å². The normalized spacial score (nSPS) is 13.5. The molecule has 1 unspecified atom stereocenters. The minimum atomic E-state index is -5.95. The van der Waals surface area contributed by atoms with Crippen molar-refractivity contribution in [1.82, 2.24) is 0 Å². The van der Waals surface area contributed by atoms with Gasteiger partial charge in [-0.2, -0.15) is 21.6 Å². The first-order valence-corrected chi connectivity index (χ1v) is 9.73. The van der Waals surface area contributed by atoms with Gasteiger partial charge in [0.15, 0.2) is 12.2 Å². The summed E-state index contributed by atoms with van der Waals surface area (Å²) in [6.07, 6.45) is -2.88. The van der Waals surface area contributed by atoms with Crippen LogP contribution in [0, 0.1) is 5.92 Å². The predicted molar refractivity (Wildman–Crippen MR) is 95.5 cm³/mol. The molecular formula is C19H19F3O5S. The first-order valence-electron chi connectivity index (χ1n) is 8.33. The van der Waals surface area contributed by atoms with Crippen LogP contribution in [-0.2, 0) is 23.8 Å². The number of hydrogen-bond acceptors (Lipinski definition) is 5. The van der Waals surface area contributed by atoms with Crippen molar-refractivity contribution in [1.29, 1.82) is 0 Å². The molecule has 0 aliphatic rings. The lowest BCUT2D eigenvalue weighted by atomic mass is 10.0. The fourth-order valence-corrected chi connectivity index (χ4v) is 3.06. The van der Waals surface area contributed by atoms with Crippen LogP contribution in [0.1, 0.15) is 31.1 Å². The summed E-state index contributed by atoms with van der Waals surface area (Å²) in [6, 6.07) is 17.1. The number of esters is 1. The van der Waals surface area contributed by atoms with Crippen LogP contribution in [-0.4, -0.2) is 26.0 Å². The van der Waals surface area contributed by atoms with Crippen LogP contribution in [0.3, 0.4) is 0 Å². The third-order valence-corrected chi connectivity index (χ3v) is 4.82. The van der Waals surface area contributed by atoms with Gasteiger partial charge in [-0.05, 0) is 17.0 Å². The van der Waals surface area contributed by atoms with Gasteiger partial charge in [0.1, 0.15) is 0 Å². The van der Waals surface area contributed by atoms with E-state index in [2.05, 4.69) is 4.18 Å². The zero-order chi connectivity index (χ0) is 20.9. The molecule has 0 radical (unpaired) electrons. The summed E-state index contributed by atoms with van der Waals surface area (Å²) in [4.78, 5) is 12.6. The number of alkyl halides is 3. The zero-order valence-corrected chi connectivity index (χ0v) is 15.9. The Morgan fingerprint density at radius 3 is 1.68 bits per heavy atom. The molecule has 0 amide bonds. The minimum Gasteiger partial charge on any atom is -0.451 e. The molecule has 0 saturated carbocycles. The van der Waals surface area contributed by atoms with Crippen molar-refractivity contribution in [3.05, 3.63) is 71.8 Å². The predicted octanol–water partition coefficient (Wildman–Crippen LogP) is 4.21. The van der Waals surface area contributed by atoms with Gasteiger partial charge in [-0.1, -0.05) is 74.5 Å². The molecule has 1 atom stereocenters. The Hall–Kier alpha value is -2.39. The van der Waals surface area contributed by atoms with E-state index in [1.165, 1.54) is 13.8 Å². The van der Waals surface area contributed by atoms with Gasteiger partial charge in [0.25, 0.3) is 0 Å². The van der Waals surface area contributed by atoms with Gasteiger partial charge >= 0.3 is 21.6 Å². The van der Waals surface area contributed by atoms with E-state index in [9.17, 15) is 26.4 Å². The topological polar surface area (TPSA) is 69.7 Å². The van der Waals surface area contributed by atoms with Crippen LogP contribution >= 0.6 is 0 Å². The molecule has 0 spiro atoms. The first-order chi connectivity index (χ1) is 13.0. The summed E-state index contributed by atoms with van der Waals surface area (Å²) >= 11 is 0. The molecule has 2 aromatic carbocycles. The van der Waals surface area contributed by atoms with Crippen molar-refractivity contribution in [3.8, 4) is 0 Å². The van der Waals surface area contributed by atoms with E-state index in [-0.39, 0.29) is 0 Å². The summed E-state index contributed by atoms with van der Waals surface area (Å²) in [5.74, 6) is -2.09. The first kappa shape index (κ1) is 21.9. The van der Waals surface area contributed by atoms with Crippen molar-refractivity contribution < 1.29 is 35.3 Å². The van der Waals surface area contributed by atoms with Crippen molar-refractivity contribution in [3.63, 3.8) is 0 Å². The largest absolute Gasteiger partial charge is 0.523 e. The maximum absolute atomic E-state index is 12.6. The van der Waals surface area contributed by atoms with Crippen molar-refractivity contribution in [2.75, 3.05) is 0 Å². The van der Waals surface area contributed by atoms with Crippen LogP contribution in [0.25, 0.3) is 0 Å². The zero-order valence-electron chi connectivity index (χ0n) is 15.1. The molecule has 5 nitrogen and oxygen atoms in total. The second-order valence-corrected chi connectivity index (χ2v) is 7.86. The SMILES string of the molecule is CC(C)C(OS(=O)(=O)C(F)(F)F)C(=O)OC(c1ccccc1)c1ccccc1. The van der Waals surface area contributed by atoms with E-state index in [0.29, 0.717) is 11.1 Å². The Kier molecular flexibility index (Phi) is 6.84. The number of carbonyl (C=O) groups excluding carboxylic acids is 1. The van der Waals surface area contributed by atoms with E-state index >= 15 is 0 Å². The molecule has 152 valence electrons. The van der Waals surface area contributed by atoms with Crippen LogP contribution in [0.5, 0.6) is 0 Å². The fourth-order valence-electron chi connectivity index (χ4n) is 2.38. The van der Waals surface area contributed by atoms with Crippen molar-refractivity contribution in [2.24, 2.45) is 5.92 Å². The Bertz CT molecular complexity index is 841. The molecule has 0 N–H and O–H groups in total. The Labute approximate surface area is 161 Å². The molecule has 0 heterocycles. The third-order valence-electron chi connectivity index (χ3n) is 3.79. The van der Waals surface area contributed by atoms with Crippen LogP contribution in [0.2, 0.25) is 0 Å². The number of halogens is 3. The van der Waals surface area contributed by atoms with Gasteiger partial charge in [-0.25, -0.2) is 8.98 Å². The van der Waals surface area contributed by atoms with Gasteiger partial charge in [0.05, 0.1) is 0 Å². The average molecular weight is 416 g/mol. The average Bonchev–Trinajstić information content (AvgIpc) is 2.64. The summed E-state index contributed by atoms with van der Waals surface area (Å²) in [7, 11) is -5.95. The van der Waals surface area contributed by atoms with Crippen LogP contribution in [0.15, 0.2) is 60.7 Å². The molecule has 0 aliphatic heterocycles. The summed E-state index contributed by atoms with van der Waals surface area (Å²) in [5.41, 5.74) is -4.50. The monoisotopic (exact) mass is 416 g/mol. The molecule has 0 aliphatic carbocycles. The highest BCUT2D eigenvalue weighted by molar-refractivity contribution is 7.87. The van der Waals surface area contributed by atoms with Gasteiger partial charge in [-0.15, -0.1) is 0 Å². The van der Waals surface area contributed by atoms with E-state index in [0.717, 1.165) is 0 Å². The molecule has 28 heavy (non-hydrogen) atoms. The highest BCUT2D eigenvalue weighted by atomic mass is 32.2. The van der Waals surface area contributed by atoms with Crippen molar-refractivity contribution >= 4 is 16.1 Å². The van der Waals surface area contributed by atoms with E-state index in [4.69, 9.17) is 4.74 Å². The molecule has 2 rings (SSSR count). The number of benzene rings is 2. The minimum absolute atomic E-state index is 0.572. The molecule has 0 saturated heterocycles. The molecule has 0 bridgehead atoms. The fraction of sp³-hybridized carbons (Fsp3) is 0.316. The smallest absolute Gasteiger partial charge is 0.451 e. The number of carbonyl (C=O) groups is 1.